The van der Waals surface area contributed by atoms with E-state index in [1.54, 1.807) is 26.6 Å². The van der Waals surface area contributed by atoms with Gasteiger partial charge in [0.25, 0.3) is 0 Å². The van der Waals surface area contributed by atoms with Gasteiger partial charge in [-0.1, -0.05) is 32.9 Å². The fourth-order valence-corrected chi connectivity index (χ4v) is 2.67. The van der Waals surface area contributed by atoms with Gasteiger partial charge in [-0.25, -0.2) is 9.97 Å². The molecular formula is C23H29N5O3. The van der Waals surface area contributed by atoms with E-state index in [9.17, 15) is 0 Å². The molecule has 0 aliphatic heterocycles. The zero-order valence-corrected chi connectivity index (χ0v) is 18.6. The highest BCUT2D eigenvalue weighted by Crippen LogP contribution is 2.24. The van der Waals surface area contributed by atoms with Crippen LogP contribution in [0.1, 0.15) is 38.0 Å². The summed E-state index contributed by atoms with van der Waals surface area (Å²) in [7, 11) is 3.34. The zero-order chi connectivity index (χ0) is 22.3. The van der Waals surface area contributed by atoms with Gasteiger partial charge in [0, 0.05) is 37.3 Å². The maximum Gasteiger partial charge on any atom is 0.219 e. The number of nitrogens with zero attached hydrogens (tertiary/aromatic N) is 3. The topological polar surface area (TPSA) is 93.8 Å². The van der Waals surface area contributed by atoms with Crippen LogP contribution in [0.25, 0.3) is 0 Å². The van der Waals surface area contributed by atoms with Crippen molar-refractivity contribution in [1.82, 2.24) is 20.6 Å². The quantitative estimate of drug-likeness (QED) is 0.438. The molecule has 1 aromatic carbocycles. The Kier molecular flexibility index (Phi) is 7.12. The number of hydrogen-bond acceptors (Lipinski definition) is 6. The van der Waals surface area contributed by atoms with E-state index in [0.29, 0.717) is 36.6 Å². The van der Waals surface area contributed by atoms with E-state index in [1.807, 2.05) is 36.4 Å². The molecule has 0 saturated carbocycles. The number of aliphatic imine (C=N–C) groups is 1. The van der Waals surface area contributed by atoms with Gasteiger partial charge in [-0.05, 0) is 17.7 Å². The van der Waals surface area contributed by atoms with E-state index < -0.39 is 0 Å². The summed E-state index contributed by atoms with van der Waals surface area (Å²) in [5.41, 5.74) is 0.924. The van der Waals surface area contributed by atoms with Gasteiger partial charge in [-0.15, -0.1) is 0 Å². The van der Waals surface area contributed by atoms with Crippen LogP contribution >= 0.6 is 0 Å². The number of hydrogen-bond donors (Lipinski definition) is 2. The van der Waals surface area contributed by atoms with Crippen molar-refractivity contribution in [1.29, 1.82) is 0 Å². The number of benzene rings is 1. The average molecular weight is 424 g/mol. The van der Waals surface area contributed by atoms with E-state index in [4.69, 9.17) is 13.9 Å². The Morgan fingerprint density at radius 2 is 1.81 bits per heavy atom. The number of rotatable bonds is 7. The summed E-state index contributed by atoms with van der Waals surface area (Å²) < 4.78 is 16.8. The Morgan fingerprint density at radius 1 is 1.03 bits per heavy atom. The summed E-state index contributed by atoms with van der Waals surface area (Å²) in [6.45, 7) is 7.27. The Morgan fingerprint density at radius 3 is 2.45 bits per heavy atom. The third kappa shape index (κ3) is 6.47. The number of aromatic nitrogens is 2. The number of nitrogens with one attached hydrogen (secondary N) is 2. The zero-order valence-electron chi connectivity index (χ0n) is 18.6. The number of guanidine groups is 1. The Balaban J connectivity index is 1.49. The van der Waals surface area contributed by atoms with Crippen molar-refractivity contribution in [3.63, 3.8) is 0 Å². The molecule has 0 bridgehead atoms. The number of methoxy groups -OCH3 is 1. The third-order valence-corrected chi connectivity index (χ3v) is 4.44. The molecular weight excluding hydrogens is 394 g/mol. The number of oxazole rings is 1. The van der Waals surface area contributed by atoms with E-state index in [1.165, 1.54) is 0 Å². The van der Waals surface area contributed by atoms with Crippen LogP contribution in [0.4, 0.5) is 0 Å². The molecule has 31 heavy (non-hydrogen) atoms. The first kappa shape index (κ1) is 22.1. The number of pyridine rings is 1. The first-order valence-electron chi connectivity index (χ1n) is 10.0. The average Bonchev–Trinajstić information content (AvgIpc) is 3.25. The Hall–Kier alpha value is -3.55. The molecule has 2 heterocycles. The molecule has 0 unspecified atom stereocenters. The van der Waals surface area contributed by atoms with Crippen molar-refractivity contribution >= 4 is 5.96 Å². The summed E-state index contributed by atoms with van der Waals surface area (Å²) in [6.07, 6.45) is 3.54. The molecule has 0 fully saturated rings. The Labute approximate surface area is 182 Å². The summed E-state index contributed by atoms with van der Waals surface area (Å²) in [4.78, 5) is 12.9. The molecule has 0 aliphatic carbocycles. The summed E-state index contributed by atoms with van der Waals surface area (Å²) >= 11 is 0. The van der Waals surface area contributed by atoms with E-state index >= 15 is 0 Å². The van der Waals surface area contributed by atoms with Gasteiger partial charge in [-0.3, -0.25) is 4.99 Å². The highest BCUT2D eigenvalue weighted by molar-refractivity contribution is 5.79. The standard InChI is InChI=1S/C23H29N5O3/c1-23(2,3)19-14-26-21(31-19)15-28-22(24-4)27-13-16-9-10-20(25-12-16)30-18-8-6-7-17(11-18)29-5/h6-12,14H,13,15H2,1-5H3,(H2,24,27,28). The second-order valence-electron chi connectivity index (χ2n) is 7.93. The number of ether oxygens (including phenoxy) is 2. The highest BCUT2D eigenvalue weighted by atomic mass is 16.5. The molecule has 2 aromatic heterocycles. The minimum absolute atomic E-state index is 0.0688. The fourth-order valence-electron chi connectivity index (χ4n) is 2.67. The Bertz CT molecular complexity index is 1010. The van der Waals surface area contributed by atoms with Crippen LogP contribution in [0.5, 0.6) is 17.4 Å². The van der Waals surface area contributed by atoms with Gasteiger partial charge >= 0.3 is 0 Å². The van der Waals surface area contributed by atoms with Gasteiger partial charge in [0.2, 0.25) is 11.8 Å². The van der Waals surface area contributed by atoms with Crippen LogP contribution in [0, 0.1) is 0 Å². The maximum absolute atomic E-state index is 5.79. The van der Waals surface area contributed by atoms with Crippen LogP contribution in [0.3, 0.4) is 0 Å². The lowest BCUT2D eigenvalue weighted by Crippen LogP contribution is -2.36. The van der Waals surface area contributed by atoms with Crippen LogP contribution in [-0.4, -0.2) is 30.1 Å². The van der Waals surface area contributed by atoms with Gasteiger partial charge in [0.05, 0.1) is 19.9 Å². The van der Waals surface area contributed by atoms with Gasteiger partial charge < -0.3 is 24.5 Å². The minimum atomic E-state index is -0.0688. The molecule has 0 spiro atoms. The lowest BCUT2D eigenvalue weighted by molar-refractivity contribution is 0.379. The lowest BCUT2D eigenvalue weighted by atomic mass is 9.94. The van der Waals surface area contributed by atoms with Crippen molar-refractivity contribution in [3.05, 3.63) is 66.0 Å². The van der Waals surface area contributed by atoms with Crippen LogP contribution in [0.2, 0.25) is 0 Å². The molecule has 0 saturated heterocycles. The van der Waals surface area contributed by atoms with Crippen molar-refractivity contribution in [2.75, 3.05) is 14.2 Å². The molecule has 8 nitrogen and oxygen atoms in total. The van der Waals surface area contributed by atoms with Crippen LogP contribution < -0.4 is 20.1 Å². The first-order valence-corrected chi connectivity index (χ1v) is 10.0. The monoisotopic (exact) mass is 423 g/mol. The second-order valence-corrected chi connectivity index (χ2v) is 7.93. The molecule has 0 atom stereocenters. The predicted molar refractivity (Wildman–Crippen MR) is 120 cm³/mol. The smallest absolute Gasteiger partial charge is 0.219 e. The second kappa shape index (κ2) is 9.97. The summed E-state index contributed by atoms with van der Waals surface area (Å²) in [5.74, 6) is 4.04. The van der Waals surface area contributed by atoms with Crippen molar-refractivity contribution < 1.29 is 13.9 Å². The lowest BCUT2D eigenvalue weighted by Gasteiger charge is -2.13. The molecule has 0 radical (unpaired) electrons. The van der Waals surface area contributed by atoms with Crippen molar-refractivity contribution in [2.24, 2.45) is 4.99 Å². The molecule has 164 valence electrons. The molecule has 3 aromatic rings. The molecule has 8 heteroatoms. The first-order chi connectivity index (χ1) is 14.9. The molecule has 2 N–H and O–H groups in total. The van der Waals surface area contributed by atoms with Crippen molar-refractivity contribution in [2.45, 2.75) is 39.3 Å². The van der Waals surface area contributed by atoms with Gasteiger partial charge in [-0.2, -0.15) is 0 Å². The molecule has 0 aliphatic rings. The van der Waals surface area contributed by atoms with E-state index in [0.717, 1.165) is 17.1 Å². The fraction of sp³-hybridized carbons (Fsp3) is 0.348. The minimum Gasteiger partial charge on any atom is -0.497 e. The van der Waals surface area contributed by atoms with Gasteiger partial charge in [0.15, 0.2) is 5.96 Å². The van der Waals surface area contributed by atoms with Gasteiger partial charge in [0.1, 0.15) is 17.3 Å². The maximum atomic E-state index is 5.79. The van der Waals surface area contributed by atoms with Crippen LogP contribution in [-0.2, 0) is 18.5 Å². The summed E-state index contributed by atoms with van der Waals surface area (Å²) in [5, 5.41) is 6.45. The molecule has 0 amide bonds. The summed E-state index contributed by atoms with van der Waals surface area (Å²) in [6, 6.07) is 11.2. The van der Waals surface area contributed by atoms with Crippen molar-refractivity contribution in [3.8, 4) is 17.4 Å². The predicted octanol–water partition coefficient (Wildman–Crippen LogP) is 4.03. The largest absolute Gasteiger partial charge is 0.497 e. The van der Waals surface area contributed by atoms with E-state index in [-0.39, 0.29) is 5.41 Å². The van der Waals surface area contributed by atoms with E-state index in [2.05, 4.69) is 46.4 Å². The SMILES string of the molecule is CN=C(NCc1ccc(Oc2cccc(OC)c2)nc1)NCc1ncc(C(C)(C)C)o1. The third-order valence-electron chi connectivity index (χ3n) is 4.44. The normalized spacial score (nSPS) is 11.8. The molecule has 3 rings (SSSR count). The van der Waals surface area contributed by atoms with Crippen LogP contribution in [0.15, 0.2) is 58.2 Å². The highest BCUT2D eigenvalue weighted by Gasteiger charge is 2.19.